The standard InChI is InChI=1S/C13H23N3O2S.ClH/c1-5-11(12-8(2)16-18-9(12)3)15-13(17)10(14)6-7-19-4;/h10-11H,5-7,14H2,1-4H3,(H,15,17);1H. The van der Waals surface area contributed by atoms with Crippen molar-refractivity contribution < 1.29 is 9.32 Å². The summed E-state index contributed by atoms with van der Waals surface area (Å²) in [6, 6.07) is -0.541. The lowest BCUT2D eigenvalue weighted by molar-refractivity contribution is -0.123. The summed E-state index contributed by atoms with van der Waals surface area (Å²) >= 11 is 1.69. The highest BCUT2D eigenvalue weighted by Gasteiger charge is 2.23. The number of carbonyl (C=O) groups excluding carboxylic acids is 1. The Morgan fingerprint density at radius 2 is 2.15 bits per heavy atom. The number of aromatic nitrogens is 1. The highest BCUT2D eigenvalue weighted by Crippen LogP contribution is 2.24. The van der Waals surface area contributed by atoms with Crippen LogP contribution in [0.1, 0.15) is 42.8 Å². The van der Waals surface area contributed by atoms with Crippen LogP contribution in [0.2, 0.25) is 0 Å². The van der Waals surface area contributed by atoms with Crippen molar-refractivity contribution in [2.24, 2.45) is 5.73 Å². The summed E-state index contributed by atoms with van der Waals surface area (Å²) in [4.78, 5) is 12.0. The molecule has 20 heavy (non-hydrogen) atoms. The second-order valence-electron chi connectivity index (χ2n) is 4.60. The van der Waals surface area contributed by atoms with E-state index in [2.05, 4.69) is 10.5 Å². The van der Waals surface area contributed by atoms with Crippen LogP contribution in [0.3, 0.4) is 0 Å². The number of thioether (sulfide) groups is 1. The van der Waals surface area contributed by atoms with Gasteiger partial charge in [-0.05, 0) is 38.7 Å². The lowest BCUT2D eigenvalue weighted by Crippen LogP contribution is -2.42. The molecule has 7 heteroatoms. The molecule has 1 aromatic heterocycles. The first-order chi connectivity index (χ1) is 9.01. The van der Waals surface area contributed by atoms with Crippen LogP contribution in [0.25, 0.3) is 0 Å². The van der Waals surface area contributed by atoms with Gasteiger partial charge in [-0.2, -0.15) is 11.8 Å². The number of amides is 1. The van der Waals surface area contributed by atoms with Crippen LogP contribution in [0.15, 0.2) is 4.52 Å². The second kappa shape index (κ2) is 9.26. The summed E-state index contributed by atoms with van der Waals surface area (Å²) < 4.78 is 5.15. The molecule has 0 aromatic carbocycles. The van der Waals surface area contributed by atoms with Crippen molar-refractivity contribution in [1.82, 2.24) is 10.5 Å². The summed E-state index contributed by atoms with van der Waals surface area (Å²) in [5.74, 6) is 1.53. The van der Waals surface area contributed by atoms with Gasteiger partial charge < -0.3 is 15.6 Å². The Morgan fingerprint density at radius 3 is 2.60 bits per heavy atom. The number of nitrogens with one attached hydrogen (secondary N) is 1. The zero-order valence-corrected chi connectivity index (χ0v) is 14.1. The third kappa shape index (κ3) is 5.00. The summed E-state index contributed by atoms with van der Waals surface area (Å²) in [6.07, 6.45) is 3.47. The van der Waals surface area contributed by atoms with Crippen molar-refractivity contribution in [2.75, 3.05) is 12.0 Å². The van der Waals surface area contributed by atoms with Gasteiger partial charge in [0.05, 0.1) is 17.8 Å². The summed E-state index contributed by atoms with van der Waals surface area (Å²) in [5.41, 5.74) is 7.66. The molecule has 3 N–H and O–H groups in total. The first-order valence-electron chi connectivity index (χ1n) is 6.48. The van der Waals surface area contributed by atoms with E-state index in [-0.39, 0.29) is 24.4 Å². The zero-order chi connectivity index (χ0) is 14.4. The minimum atomic E-state index is -0.457. The molecule has 0 fully saturated rings. The molecule has 1 rings (SSSR count). The Balaban J connectivity index is 0.00000361. The molecule has 1 aromatic rings. The Morgan fingerprint density at radius 1 is 1.50 bits per heavy atom. The van der Waals surface area contributed by atoms with Gasteiger partial charge in [0.15, 0.2) is 0 Å². The Kier molecular flexibility index (Phi) is 8.93. The lowest BCUT2D eigenvalue weighted by atomic mass is 10.0. The van der Waals surface area contributed by atoms with E-state index in [9.17, 15) is 4.79 Å². The number of hydrogen-bond donors (Lipinski definition) is 2. The van der Waals surface area contributed by atoms with Crippen LogP contribution in [-0.2, 0) is 4.79 Å². The van der Waals surface area contributed by atoms with Crippen molar-refractivity contribution in [1.29, 1.82) is 0 Å². The molecule has 0 aliphatic carbocycles. The first kappa shape index (κ1) is 19.3. The van der Waals surface area contributed by atoms with Crippen LogP contribution in [-0.4, -0.2) is 29.1 Å². The van der Waals surface area contributed by atoms with Gasteiger partial charge in [-0.15, -0.1) is 12.4 Å². The van der Waals surface area contributed by atoms with Crippen LogP contribution < -0.4 is 11.1 Å². The molecule has 2 unspecified atom stereocenters. The fourth-order valence-electron chi connectivity index (χ4n) is 2.02. The van der Waals surface area contributed by atoms with Gasteiger partial charge in [0.1, 0.15) is 5.76 Å². The molecular weight excluding hydrogens is 298 g/mol. The van der Waals surface area contributed by atoms with Gasteiger partial charge in [-0.25, -0.2) is 0 Å². The molecule has 0 saturated carbocycles. The highest BCUT2D eigenvalue weighted by atomic mass is 35.5. The number of nitrogens with zero attached hydrogens (tertiary/aromatic N) is 1. The topological polar surface area (TPSA) is 81.2 Å². The fraction of sp³-hybridized carbons (Fsp3) is 0.692. The summed E-state index contributed by atoms with van der Waals surface area (Å²) in [7, 11) is 0. The summed E-state index contributed by atoms with van der Waals surface area (Å²) in [5, 5.41) is 6.91. The molecule has 116 valence electrons. The molecule has 1 amide bonds. The zero-order valence-electron chi connectivity index (χ0n) is 12.4. The average molecular weight is 322 g/mol. The summed E-state index contributed by atoms with van der Waals surface area (Å²) in [6.45, 7) is 5.76. The van der Waals surface area contributed by atoms with Gasteiger partial charge in [0.2, 0.25) is 5.91 Å². The van der Waals surface area contributed by atoms with Crippen molar-refractivity contribution in [2.45, 2.75) is 45.7 Å². The third-order valence-corrected chi connectivity index (χ3v) is 3.78. The van der Waals surface area contributed by atoms with Gasteiger partial charge in [0, 0.05) is 5.56 Å². The maximum absolute atomic E-state index is 12.0. The number of nitrogens with two attached hydrogens (primary N) is 1. The quantitative estimate of drug-likeness (QED) is 0.805. The van der Waals surface area contributed by atoms with Gasteiger partial charge in [-0.3, -0.25) is 4.79 Å². The van der Waals surface area contributed by atoms with Crippen molar-refractivity contribution in [3.8, 4) is 0 Å². The van der Waals surface area contributed by atoms with Crippen LogP contribution in [0.5, 0.6) is 0 Å². The molecule has 0 saturated heterocycles. The number of halogens is 1. The van der Waals surface area contributed by atoms with E-state index >= 15 is 0 Å². The predicted molar refractivity (Wildman–Crippen MR) is 85.4 cm³/mol. The van der Waals surface area contributed by atoms with E-state index in [0.29, 0.717) is 6.42 Å². The minimum Gasteiger partial charge on any atom is -0.361 e. The molecular formula is C13H24ClN3O2S. The average Bonchev–Trinajstić information content (AvgIpc) is 2.72. The van der Waals surface area contributed by atoms with Gasteiger partial charge >= 0.3 is 0 Å². The minimum absolute atomic E-state index is 0. The maximum atomic E-state index is 12.0. The van der Waals surface area contributed by atoms with Crippen molar-refractivity contribution in [3.63, 3.8) is 0 Å². The monoisotopic (exact) mass is 321 g/mol. The highest BCUT2D eigenvalue weighted by molar-refractivity contribution is 7.98. The SMILES string of the molecule is CCC(NC(=O)C(N)CCSC)c1c(C)noc1C.Cl. The van der Waals surface area contributed by atoms with E-state index < -0.39 is 6.04 Å². The largest absolute Gasteiger partial charge is 0.361 e. The first-order valence-corrected chi connectivity index (χ1v) is 7.88. The van der Waals surface area contributed by atoms with Crippen molar-refractivity contribution in [3.05, 3.63) is 17.0 Å². The van der Waals surface area contributed by atoms with E-state index in [4.69, 9.17) is 10.3 Å². The van der Waals surface area contributed by atoms with E-state index in [1.807, 2.05) is 27.0 Å². The lowest BCUT2D eigenvalue weighted by Gasteiger charge is -2.19. The predicted octanol–water partition coefficient (Wildman–Crippen LogP) is 2.36. The molecule has 1 heterocycles. The van der Waals surface area contributed by atoms with Crippen LogP contribution in [0.4, 0.5) is 0 Å². The Bertz CT molecular complexity index is 406. The normalized spacial score (nSPS) is 13.4. The molecule has 0 spiro atoms. The van der Waals surface area contributed by atoms with Crippen molar-refractivity contribution >= 4 is 30.1 Å². The third-order valence-electron chi connectivity index (χ3n) is 3.13. The molecule has 2 atom stereocenters. The number of aryl methyl sites for hydroxylation is 2. The number of carbonyl (C=O) groups is 1. The van der Waals surface area contributed by atoms with Gasteiger partial charge in [0.25, 0.3) is 0 Å². The molecule has 0 radical (unpaired) electrons. The molecule has 5 nitrogen and oxygen atoms in total. The number of hydrogen-bond acceptors (Lipinski definition) is 5. The van der Waals surface area contributed by atoms with E-state index in [1.54, 1.807) is 11.8 Å². The Hall–Kier alpha value is -0.720. The fourth-order valence-corrected chi connectivity index (χ4v) is 2.51. The van der Waals surface area contributed by atoms with E-state index in [0.717, 1.165) is 29.2 Å². The van der Waals surface area contributed by atoms with Crippen LogP contribution >= 0.6 is 24.2 Å². The van der Waals surface area contributed by atoms with Crippen LogP contribution in [0, 0.1) is 13.8 Å². The molecule has 0 bridgehead atoms. The second-order valence-corrected chi connectivity index (χ2v) is 5.58. The smallest absolute Gasteiger partial charge is 0.237 e. The Labute approximate surface area is 130 Å². The molecule has 0 aliphatic heterocycles. The van der Waals surface area contributed by atoms with Gasteiger partial charge in [-0.1, -0.05) is 12.1 Å². The van der Waals surface area contributed by atoms with E-state index in [1.165, 1.54) is 0 Å². The molecule has 0 aliphatic rings. The number of rotatable bonds is 7. The maximum Gasteiger partial charge on any atom is 0.237 e.